The van der Waals surface area contributed by atoms with E-state index < -0.39 is 0 Å². The molecular formula is C21H26ClNO2S. The van der Waals surface area contributed by atoms with Gasteiger partial charge < -0.3 is 10.1 Å². The Morgan fingerprint density at radius 2 is 1.88 bits per heavy atom. The molecule has 5 heteroatoms. The molecule has 1 N–H and O–H groups in total. The van der Waals surface area contributed by atoms with E-state index in [2.05, 4.69) is 11.4 Å². The van der Waals surface area contributed by atoms with E-state index in [0.29, 0.717) is 18.2 Å². The van der Waals surface area contributed by atoms with Gasteiger partial charge >= 0.3 is 0 Å². The molecule has 26 heavy (non-hydrogen) atoms. The van der Waals surface area contributed by atoms with Gasteiger partial charge in [-0.15, -0.1) is 11.8 Å². The van der Waals surface area contributed by atoms with Crippen LogP contribution in [0, 0.1) is 0 Å². The van der Waals surface area contributed by atoms with Crippen LogP contribution in [0.5, 0.6) is 5.75 Å². The average Bonchev–Trinajstić information content (AvgIpc) is 2.66. The molecule has 0 spiro atoms. The molecule has 0 fully saturated rings. The summed E-state index contributed by atoms with van der Waals surface area (Å²) in [5.74, 6) is 1.02. The summed E-state index contributed by atoms with van der Waals surface area (Å²) in [5.41, 5.74) is 1.19. The number of ether oxygens (including phenoxy) is 1. The fourth-order valence-corrected chi connectivity index (χ4v) is 3.72. The molecule has 2 aromatic rings. The highest BCUT2D eigenvalue weighted by Crippen LogP contribution is 2.26. The molecule has 3 nitrogen and oxygen atoms in total. The van der Waals surface area contributed by atoms with Crippen LogP contribution >= 0.6 is 23.4 Å². The lowest BCUT2D eigenvalue weighted by Gasteiger charge is -2.15. The fraction of sp³-hybridized carbons (Fsp3) is 0.381. The number of hydrogen-bond acceptors (Lipinski definition) is 3. The molecule has 0 heterocycles. The van der Waals surface area contributed by atoms with E-state index in [1.165, 1.54) is 5.56 Å². The zero-order chi connectivity index (χ0) is 18.8. The molecule has 0 aromatic heterocycles. The van der Waals surface area contributed by atoms with E-state index in [-0.39, 0.29) is 11.2 Å². The minimum atomic E-state index is -0.0908. The number of thioether (sulfide) groups is 1. The molecule has 0 aliphatic heterocycles. The van der Waals surface area contributed by atoms with Crippen LogP contribution in [-0.4, -0.2) is 24.3 Å². The van der Waals surface area contributed by atoms with Gasteiger partial charge in [0.25, 0.3) is 0 Å². The summed E-state index contributed by atoms with van der Waals surface area (Å²) < 4.78 is 5.65. The summed E-state index contributed by atoms with van der Waals surface area (Å²) >= 11 is 7.49. The number of rotatable bonds is 10. The summed E-state index contributed by atoms with van der Waals surface area (Å²) in [7, 11) is 0. The molecule has 0 radical (unpaired) electrons. The Bertz CT molecular complexity index is 691. The van der Waals surface area contributed by atoms with Crippen LogP contribution in [-0.2, 0) is 11.2 Å². The van der Waals surface area contributed by atoms with E-state index in [9.17, 15) is 4.79 Å². The molecule has 0 unspecified atom stereocenters. The Kier molecular flexibility index (Phi) is 8.86. The smallest absolute Gasteiger partial charge is 0.233 e. The Morgan fingerprint density at radius 3 is 2.58 bits per heavy atom. The Balaban J connectivity index is 1.79. The number of carbonyl (C=O) groups is 1. The van der Waals surface area contributed by atoms with Gasteiger partial charge in [-0.05, 0) is 62.1 Å². The van der Waals surface area contributed by atoms with E-state index >= 15 is 0 Å². The van der Waals surface area contributed by atoms with Gasteiger partial charge in [-0.2, -0.15) is 0 Å². The van der Waals surface area contributed by atoms with E-state index in [4.69, 9.17) is 16.3 Å². The predicted octanol–water partition coefficient (Wildman–Crippen LogP) is 5.36. The van der Waals surface area contributed by atoms with Crippen molar-refractivity contribution in [2.45, 2.75) is 43.3 Å². The highest BCUT2D eigenvalue weighted by molar-refractivity contribution is 8.00. The van der Waals surface area contributed by atoms with Crippen LogP contribution in [0.25, 0.3) is 0 Å². The number of halogens is 1. The summed E-state index contributed by atoms with van der Waals surface area (Å²) in [5, 5.41) is 3.68. The van der Waals surface area contributed by atoms with Gasteiger partial charge in [-0.3, -0.25) is 4.79 Å². The van der Waals surface area contributed by atoms with E-state index in [1.54, 1.807) is 11.8 Å². The van der Waals surface area contributed by atoms with Crippen molar-refractivity contribution >= 4 is 29.3 Å². The molecule has 1 amide bonds. The SMILES string of the molecule is CCOc1ccccc1CCCNC(=O)[C@H](CC)Sc1ccc(Cl)cc1. The van der Waals surface area contributed by atoms with E-state index in [0.717, 1.165) is 29.9 Å². The number of hydrogen-bond donors (Lipinski definition) is 1. The predicted molar refractivity (Wildman–Crippen MR) is 110 cm³/mol. The van der Waals surface area contributed by atoms with Crippen LogP contribution < -0.4 is 10.1 Å². The molecule has 2 rings (SSSR count). The summed E-state index contributed by atoms with van der Waals surface area (Å²) in [6.45, 7) is 5.34. The molecular weight excluding hydrogens is 366 g/mol. The lowest BCUT2D eigenvalue weighted by Crippen LogP contribution is -2.33. The second kappa shape index (κ2) is 11.1. The van der Waals surface area contributed by atoms with Crippen LogP contribution in [0.4, 0.5) is 0 Å². The first kappa shape index (κ1) is 20.7. The Hall–Kier alpha value is -1.65. The van der Waals surface area contributed by atoms with Gasteiger partial charge in [0.15, 0.2) is 0 Å². The molecule has 1 atom stereocenters. The van der Waals surface area contributed by atoms with Crippen molar-refractivity contribution in [1.29, 1.82) is 0 Å². The summed E-state index contributed by atoms with van der Waals surface area (Å²) in [6, 6.07) is 15.7. The lowest BCUT2D eigenvalue weighted by atomic mass is 10.1. The van der Waals surface area contributed by atoms with Gasteiger partial charge in [0, 0.05) is 16.5 Å². The maximum Gasteiger partial charge on any atom is 0.233 e. The normalized spacial score (nSPS) is 11.8. The summed E-state index contributed by atoms with van der Waals surface area (Å²) in [6.07, 6.45) is 2.56. The summed E-state index contributed by atoms with van der Waals surface area (Å²) in [4.78, 5) is 13.5. The zero-order valence-electron chi connectivity index (χ0n) is 15.3. The average molecular weight is 392 g/mol. The standard InChI is InChI=1S/C21H26ClNO2S/c1-3-20(26-18-13-11-17(22)12-14-18)21(24)23-15-7-9-16-8-5-6-10-19(16)25-4-2/h5-6,8,10-14,20H,3-4,7,9,15H2,1-2H3,(H,23,24)/t20-/m0/s1. The molecule has 0 bridgehead atoms. The number of nitrogens with one attached hydrogen (secondary N) is 1. The molecule has 140 valence electrons. The highest BCUT2D eigenvalue weighted by atomic mass is 35.5. The van der Waals surface area contributed by atoms with Crippen molar-refractivity contribution < 1.29 is 9.53 Å². The molecule has 2 aromatic carbocycles. The zero-order valence-corrected chi connectivity index (χ0v) is 16.9. The first-order valence-electron chi connectivity index (χ1n) is 9.04. The van der Waals surface area contributed by atoms with Gasteiger partial charge in [0.1, 0.15) is 5.75 Å². The molecule has 0 aliphatic rings. The van der Waals surface area contributed by atoms with Crippen molar-refractivity contribution in [3.63, 3.8) is 0 Å². The maximum absolute atomic E-state index is 12.4. The Labute approximate surface area is 165 Å². The topological polar surface area (TPSA) is 38.3 Å². The second-order valence-electron chi connectivity index (χ2n) is 5.90. The van der Waals surface area contributed by atoms with Gasteiger partial charge in [-0.25, -0.2) is 0 Å². The molecule has 0 aliphatic carbocycles. The van der Waals surface area contributed by atoms with Gasteiger partial charge in [0.2, 0.25) is 5.91 Å². The van der Waals surface area contributed by atoms with Crippen molar-refractivity contribution in [3.05, 3.63) is 59.1 Å². The van der Waals surface area contributed by atoms with Crippen molar-refractivity contribution in [2.24, 2.45) is 0 Å². The van der Waals surface area contributed by atoms with Crippen molar-refractivity contribution in [1.82, 2.24) is 5.32 Å². The van der Waals surface area contributed by atoms with Crippen molar-refractivity contribution in [3.8, 4) is 5.75 Å². The fourth-order valence-electron chi connectivity index (χ4n) is 2.61. The van der Waals surface area contributed by atoms with Crippen LogP contribution in [0.3, 0.4) is 0 Å². The minimum Gasteiger partial charge on any atom is -0.494 e. The first-order valence-corrected chi connectivity index (χ1v) is 10.3. The quantitative estimate of drug-likeness (QED) is 0.437. The third-order valence-electron chi connectivity index (χ3n) is 3.95. The monoisotopic (exact) mass is 391 g/mol. The Morgan fingerprint density at radius 1 is 1.15 bits per heavy atom. The lowest BCUT2D eigenvalue weighted by molar-refractivity contribution is -0.120. The number of para-hydroxylation sites is 1. The first-order chi connectivity index (χ1) is 12.6. The second-order valence-corrected chi connectivity index (χ2v) is 7.62. The van der Waals surface area contributed by atoms with E-state index in [1.807, 2.05) is 56.3 Å². The molecule has 0 saturated heterocycles. The highest BCUT2D eigenvalue weighted by Gasteiger charge is 2.17. The third kappa shape index (κ3) is 6.58. The van der Waals surface area contributed by atoms with Crippen LogP contribution in [0.15, 0.2) is 53.4 Å². The minimum absolute atomic E-state index is 0.0885. The number of amides is 1. The molecule has 0 saturated carbocycles. The number of benzene rings is 2. The largest absolute Gasteiger partial charge is 0.494 e. The van der Waals surface area contributed by atoms with Crippen LogP contribution in [0.2, 0.25) is 5.02 Å². The number of aryl methyl sites for hydroxylation is 1. The van der Waals surface area contributed by atoms with Crippen LogP contribution in [0.1, 0.15) is 32.3 Å². The maximum atomic E-state index is 12.4. The van der Waals surface area contributed by atoms with Gasteiger partial charge in [-0.1, -0.05) is 36.7 Å². The van der Waals surface area contributed by atoms with Gasteiger partial charge in [0.05, 0.1) is 11.9 Å². The third-order valence-corrected chi connectivity index (χ3v) is 5.58. The number of carbonyl (C=O) groups excluding carboxylic acids is 1. The van der Waals surface area contributed by atoms with Crippen molar-refractivity contribution in [2.75, 3.05) is 13.2 Å².